The van der Waals surface area contributed by atoms with Gasteiger partial charge in [0.25, 0.3) is 0 Å². The van der Waals surface area contributed by atoms with Crippen molar-refractivity contribution >= 4 is 40.6 Å². The van der Waals surface area contributed by atoms with E-state index in [0.29, 0.717) is 36.6 Å². The Labute approximate surface area is 229 Å². The largest absolute Gasteiger partial charge is 0.481 e. The third kappa shape index (κ3) is 7.48. The molecule has 3 N–H and O–H groups in total. The standard InChI is InChI=1S/C27H31N3O6S2/c1-17(2)11-22(26(33)30(14-19-5-3-9-37-19)15-20-6-4-10-38-20)29-27(34)28-21(13-25(31)32)18-7-8-23-24(12-18)36-16-35-23/h3-10,12,17,21-22H,11,13-16H2,1-2H3,(H,31,32)(H2,28,29,34)/t21-,22-/m0/s1. The van der Waals surface area contributed by atoms with Crippen molar-refractivity contribution < 1.29 is 29.0 Å². The quantitative estimate of drug-likeness (QED) is 0.289. The van der Waals surface area contributed by atoms with Crippen molar-refractivity contribution in [3.63, 3.8) is 0 Å². The molecule has 11 heteroatoms. The van der Waals surface area contributed by atoms with E-state index in [-0.39, 0.29) is 25.0 Å². The van der Waals surface area contributed by atoms with Gasteiger partial charge in [0.05, 0.1) is 25.6 Å². The minimum Gasteiger partial charge on any atom is -0.481 e. The molecule has 0 saturated heterocycles. The average Bonchev–Trinajstić information content (AvgIpc) is 3.64. The normalized spacial score (nSPS) is 13.7. The Bertz CT molecular complexity index is 1190. The van der Waals surface area contributed by atoms with Crippen LogP contribution < -0.4 is 20.1 Å². The molecular weight excluding hydrogens is 526 g/mol. The number of benzene rings is 1. The van der Waals surface area contributed by atoms with Gasteiger partial charge in [-0.3, -0.25) is 9.59 Å². The van der Waals surface area contributed by atoms with Crippen LogP contribution in [0.3, 0.4) is 0 Å². The average molecular weight is 558 g/mol. The second-order valence-electron chi connectivity index (χ2n) is 9.42. The van der Waals surface area contributed by atoms with Crippen LogP contribution in [0.1, 0.15) is 48.0 Å². The Morgan fingerprint density at radius 2 is 1.63 bits per heavy atom. The Morgan fingerprint density at radius 3 is 2.21 bits per heavy atom. The first-order valence-electron chi connectivity index (χ1n) is 12.3. The molecule has 0 radical (unpaired) electrons. The SMILES string of the molecule is CC(C)C[C@H](NC(=O)N[C@@H](CC(=O)O)c1ccc2c(c1)OCO2)C(=O)N(Cc1cccs1)Cc1cccs1. The fourth-order valence-electron chi connectivity index (χ4n) is 4.22. The van der Waals surface area contributed by atoms with E-state index in [1.165, 1.54) is 0 Å². The molecule has 9 nitrogen and oxygen atoms in total. The van der Waals surface area contributed by atoms with Crippen molar-refractivity contribution in [2.45, 2.75) is 51.9 Å². The van der Waals surface area contributed by atoms with Gasteiger partial charge in [-0.15, -0.1) is 22.7 Å². The van der Waals surface area contributed by atoms with Crippen LogP contribution in [0.5, 0.6) is 11.5 Å². The van der Waals surface area contributed by atoms with E-state index in [2.05, 4.69) is 10.6 Å². The van der Waals surface area contributed by atoms with Crippen LogP contribution in [-0.2, 0) is 22.7 Å². The zero-order chi connectivity index (χ0) is 27.1. The van der Waals surface area contributed by atoms with Gasteiger partial charge in [-0.05, 0) is 52.9 Å². The summed E-state index contributed by atoms with van der Waals surface area (Å²) in [7, 11) is 0. The van der Waals surface area contributed by atoms with Crippen molar-refractivity contribution in [2.75, 3.05) is 6.79 Å². The Balaban J connectivity index is 1.50. The van der Waals surface area contributed by atoms with E-state index in [4.69, 9.17) is 9.47 Å². The lowest BCUT2D eigenvalue weighted by molar-refractivity contribution is -0.137. The van der Waals surface area contributed by atoms with Crippen LogP contribution in [0.15, 0.2) is 53.2 Å². The van der Waals surface area contributed by atoms with Gasteiger partial charge < -0.3 is 30.1 Å². The number of aliphatic carboxylic acids is 1. The van der Waals surface area contributed by atoms with Gasteiger partial charge in [0.2, 0.25) is 12.7 Å². The molecule has 0 spiro atoms. The highest BCUT2D eigenvalue weighted by Crippen LogP contribution is 2.34. The minimum atomic E-state index is -1.07. The first kappa shape index (κ1) is 27.5. The number of carbonyl (C=O) groups excluding carboxylic acids is 2. The molecule has 0 fully saturated rings. The summed E-state index contributed by atoms with van der Waals surface area (Å²) < 4.78 is 10.7. The molecular formula is C27H31N3O6S2. The van der Waals surface area contributed by atoms with Gasteiger partial charge in [-0.2, -0.15) is 0 Å². The number of hydrogen-bond acceptors (Lipinski definition) is 7. The number of nitrogens with one attached hydrogen (secondary N) is 2. The molecule has 1 aromatic carbocycles. The third-order valence-electron chi connectivity index (χ3n) is 5.96. The molecule has 38 heavy (non-hydrogen) atoms. The molecule has 4 rings (SSSR count). The molecule has 0 bridgehead atoms. The highest BCUT2D eigenvalue weighted by molar-refractivity contribution is 7.10. The fourth-order valence-corrected chi connectivity index (χ4v) is 5.66. The topological polar surface area (TPSA) is 117 Å². The van der Waals surface area contributed by atoms with Gasteiger partial charge in [0.15, 0.2) is 11.5 Å². The van der Waals surface area contributed by atoms with Crippen LogP contribution in [0.4, 0.5) is 4.79 Å². The summed E-state index contributed by atoms with van der Waals surface area (Å²) in [5.41, 5.74) is 0.565. The van der Waals surface area contributed by atoms with Gasteiger partial charge in [0, 0.05) is 9.75 Å². The molecule has 2 atom stereocenters. The lowest BCUT2D eigenvalue weighted by atomic mass is 10.0. The smallest absolute Gasteiger partial charge is 0.315 e. The highest BCUT2D eigenvalue weighted by atomic mass is 32.1. The number of amides is 3. The number of hydrogen-bond donors (Lipinski definition) is 3. The van der Waals surface area contributed by atoms with Gasteiger partial charge in [0.1, 0.15) is 6.04 Å². The van der Waals surface area contributed by atoms with Gasteiger partial charge in [-0.1, -0.05) is 32.0 Å². The number of fused-ring (bicyclic) bond motifs is 1. The van der Waals surface area contributed by atoms with Crippen LogP contribution in [-0.4, -0.2) is 40.7 Å². The Hall–Kier alpha value is -3.57. The van der Waals surface area contributed by atoms with Crippen molar-refractivity contribution in [3.8, 4) is 11.5 Å². The van der Waals surface area contributed by atoms with Crippen LogP contribution in [0.25, 0.3) is 0 Å². The Kier molecular flexibility index (Phi) is 9.24. The summed E-state index contributed by atoms with van der Waals surface area (Å²) >= 11 is 3.15. The van der Waals surface area contributed by atoms with E-state index in [9.17, 15) is 19.5 Å². The maximum atomic E-state index is 13.8. The summed E-state index contributed by atoms with van der Waals surface area (Å²) in [6.07, 6.45) is 0.101. The molecule has 0 saturated carbocycles. The number of carboxylic acid groups (broad SMARTS) is 1. The third-order valence-corrected chi connectivity index (χ3v) is 7.68. The summed E-state index contributed by atoms with van der Waals surface area (Å²) in [6, 6.07) is 10.7. The minimum absolute atomic E-state index is 0.0860. The van der Waals surface area contributed by atoms with Crippen molar-refractivity contribution in [2.24, 2.45) is 5.92 Å². The lowest BCUT2D eigenvalue weighted by Gasteiger charge is -2.29. The van der Waals surface area contributed by atoms with Crippen molar-refractivity contribution in [1.29, 1.82) is 0 Å². The lowest BCUT2D eigenvalue weighted by Crippen LogP contribution is -2.52. The zero-order valence-electron chi connectivity index (χ0n) is 21.2. The van der Waals surface area contributed by atoms with E-state index < -0.39 is 24.1 Å². The van der Waals surface area contributed by atoms with Crippen LogP contribution in [0, 0.1) is 5.92 Å². The van der Waals surface area contributed by atoms with Crippen molar-refractivity contribution in [1.82, 2.24) is 15.5 Å². The van der Waals surface area contributed by atoms with Crippen LogP contribution >= 0.6 is 22.7 Å². The number of ether oxygens (including phenoxy) is 2. The van der Waals surface area contributed by atoms with Gasteiger partial charge in [-0.25, -0.2) is 4.79 Å². The fraction of sp³-hybridized carbons (Fsp3) is 0.370. The zero-order valence-corrected chi connectivity index (χ0v) is 22.8. The number of nitrogens with zero attached hydrogens (tertiary/aromatic N) is 1. The van der Waals surface area contributed by atoms with E-state index in [1.807, 2.05) is 48.9 Å². The molecule has 1 aliphatic heterocycles. The predicted molar refractivity (Wildman–Crippen MR) is 145 cm³/mol. The maximum Gasteiger partial charge on any atom is 0.315 e. The van der Waals surface area contributed by atoms with E-state index in [0.717, 1.165) is 9.75 Å². The monoisotopic (exact) mass is 557 g/mol. The van der Waals surface area contributed by atoms with E-state index in [1.54, 1.807) is 45.8 Å². The molecule has 0 unspecified atom stereocenters. The predicted octanol–water partition coefficient (Wildman–Crippen LogP) is 5.00. The molecule has 3 aromatic rings. The Morgan fingerprint density at radius 1 is 0.974 bits per heavy atom. The first-order chi connectivity index (χ1) is 18.3. The van der Waals surface area contributed by atoms with Crippen LogP contribution in [0.2, 0.25) is 0 Å². The molecule has 202 valence electrons. The molecule has 0 aliphatic carbocycles. The van der Waals surface area contributed by atoms with Gasteiger partial charge >= 0.3 is 12.0 Å². The first-order valence-corrected chi connectivity index (χ1v) is 14.1. The maximum absolute atomic E-state index is 13.8. The second-order valence-corrected chi connectivity index (χ2v) is 11.5. The highest BCUT2D eigenvalue weighted by Gasteiger charge is 2.29. The molecule has 1 aliphatic rings. The molecule has 3 heterocycles. The van der Waals surface area contributed by atoms with E-state index >= 15 is 0 Å². The number of carbonyl (C=O) groups is 3. The number of rotatable bonds is 12. The summed E-state index contributed by atoms with van der Waals surface area (Å²) in [6.45, 7) is 4.93. The summed E-state index contributed by atoms with van der Waals surface area (Å²) in [5.74, 6) is -0.0650. The number of urea groups is 1. The number of carboxylic acids is 1. The molecule has 2 aromatic heterocycles. The summed E-state index contributed by atoms with van der Waals surface area (Å²) in [5, 5.41) is 19.0. The summed E-state index contributed by atoms with van der Waals surface area (Å²) in [4.78, 5) is 42.4. The number of thiophene rings is 2. The second kappa shape index (κ2) is 12.8. The molecule has 3 amide bonds. The van der Waals surface area contributed by atoms with Crippen molar-refractivity contribution in [3.05, 3.63) is 68.5 Å².